The number of nitrogen functional groups attached to an aromatic ring is 2. The highest BCUT2D eigenvalue weighted by Gasteiger charge is 2.22. The number of aromatic nitrogens is 4. The zero-order chi connectivity index (χ0) is 16.0. The van der Waals surface area contributed by atoms with Gasteiger partial charge in [-0.3, -0.25) is 5.10 Å². The molecule has 0 spiro atoms. The molecule has 0 bridgehead atoms. The van der Waals surface area contributed by atoms with E-state index in [1.807, 2.05) is 24.3 Å². The first-order chi connectivity index (χ1) is 11.1. The molecule has 1 aliphatic heterocycles. The van der Waals surface area contributed by atoms with E-state index in [-0.39, 0.29) is 0 Å². The van der Waals surface area contributed by atoms with Crippen LogP contribution < -0.4 is 16.4 Å². The van der Waals surface area contributed by atoms with Crippen LogP contribution in [0.25, 0.3) is 22.2 Å². The van der Waals surface area contributed by atoms with Gasteiger partial charge in [0.15, 0.2) is 5.82 Å². The number of hydrogen-bond donors (Lipinski definition) is 3. The lowest BCUT2D eigenvalue weighted by Crippen LogP contribution is -2.27. The standard InChI is InChI=1S/C16H19N7/c1-9-3-2-6-23(9)14-8-12(19-16(18)20-14)10-4-5-11-13(7-10)21-22-15(11)17/h4-5,7-9H,2-3,6H2,1H3,(H3,17,21,22)(H2,18,19,20). The Morgan fingerprint density at radius 2 is 2.09 bits per heavy atom. The fourth-order valence-electron chi connectivity index (χ4n) is 3.22. The lowest BCUT2D eigenvalue weighted by molar-refractivity contribution is 0.727. The van der Waals surface area contributed by atoms with Crippen molar-refractivity contribution in [2.75, 3.05) is 22.9 Å². The van der Waals surface area contributed by atoms with Crippen LogP contribution in [0.5, 0.6) is 0 Å². The number of benzene rings is 1. The van der Waals surface area contributed by atoms with Crippen LogP contribution in [0.1, 0.15) is 19.8 Å². The summed E-state index contributed by atoms with van der Waals surface area (Å²) in [5, 5.41) is 7.86. The Morgan fingerprint density at radius 1 is 1.22 bits per heavy atom. The third kappa shape index (κ3) is 2.34. The summed E-state index contributed by atoms with van der Waals surface area (Å²) in [4.78, 5) is 11.1. The van der Waals surface area contributed by atoms with Crippen molar-refractivity contribution in [1.82, 2.24) is 20.2 Å². The Labute approximate surface area is 133 Å². The summed E-state index contributed by atoms with van der Waals surface area (Å²) < 4.78 is 0. The number of hydrogen-bond acceptors (Lipinski definition) is 6. The summed E-state index contributed by atoms with van der Waals surface area (Å²) in [7, 11) is 0. The van der Waals surface area contributed by atoms with Gasteiger partial charge in [0, 0.05) is 29.6 Å². The number of nitrogens with two attached hydrogens (primary N) is 2. The molecule has 1 fully saturated rings. The predicted molar refractivity (Wildman–Crippen MR) is 92.0 cm³/mol. The molecule has 1 unspecified atom stereocenters. The van der Waals surface area contributed by atoms with Gasteiger partial charge in [0.25, 0.3) is 0 Å². The zero-order valence-electron chi connectivity index (χ0n) is 13.0. The zero-order valence-corrected chi connectivity index (χ0v) is 13.0. The van der Waals surface area contributed by atoms with Gasteiger partial charge in [-0.15, -0.1) is 0 Å². The van der Waals surface area contributed by atoms with Crippen molar-refractivity contribution in [3.63, 3.8) is 0 Å². The third-order valence-electron chi connectivity index (χ3n) is 4.47. The average molecular weight is 309 g/mol. The quantitative estimate of drug-likeness (QED) is 0.669. The molecule has 1 atom stereocenters. The van der Waals surface area contributed by atoms with Gasteiger partial charge in [0.2, 0.25) is 5.95 Å². The maximum atomic E-state index is 5.94. The molecule has 1 aliphatic rings. The molecule has 0 radical (unpaired) electrons. The largest absolute Gasteiger partial charge is 0.382 e. The maximum Gasteiger partial charge on any atom is 0.222 e. The summed E-state index contributed by atoms with van der Waals surface area (Å²) in [6, 6.07) is 8.39. The molecule has 1 aromatic carbocycles. The number of aromatic amines is 1. The number of nitrogens with one attached hydrogen (secondary N) is 1. The van der Waals surface area contributed by atoms with Crippen molar-refractivity contribution in [3.05, 3.63) is 24.3 Å². The first-order valence-corrected chi connectivity index (χ1v) is 7.77. The Bertz CT molecular complexity index is 870. The second-order valence-corrected chi connectivity index (χ2v) is 6.02. The number of nitrogens with zero attached hydrogens (tertiary/aromatic N) is 4. The molecule has 1 saturated heterocycles. The van der Waals surface area contributed by atoms with E-state index < -0.39 is 0 Å². The SMILES string of the molecule is CC1CCCN1c1cc(-c2ccc3c(N)n[nH]c3c2)nc(N)n1. The van der Waals surface area contributed by atoms with Gasteiger partial charge in [-0.1, -0.05) is 6.07 Å². The van der Waals surface area contributed by atoms with Crippen molar-refractivity contribution in [2.45, 2.75) is 25.8 Å². The molecule has 0 aliphatic carbocycles. The third-order valence-corrected chi connectivity index (χ3v) is 4.47. The highest BCUT2D eigenvalue weighted by molar-refractivity contribution is 5.91. The molecular formula is C16H19N7. The van der Waals surface area contributed by atoms with Gasteiger partial charge in [-0.05, 0) is 31.9 Å². The highest BCUT2D eigenvalue weighted by atomic mass is 15.2. The summed E-state index contributed by atoms with van der Waals surface area (Å²) in [6.45, 7) is 3.22. The van der Waals surface area contributed by atoms with Gasteiger partial charge < -0.3 is 16.4 Å². The fraction of sp³-hybridized carbons (Fsp3) is 0.312. The first-order valence-electron chi connectivity index (χ1n) is 7.77. The van der Waals surface area contributed by atoms with Crippen molar-refractivity contribution in [3.8, 4) is 11.3 Å². The molecule has 5 N–H and O–H groups in total. The van der Waals surface area contributed by atoms with Gasteiger partial charge in [-0.2, -0.15) is 10.1 Å². The van der Waals surface area contributed by atoms with E-state index in [9.17, 15) is 0 Å². The van der Waals surface area contributed by atoms with Crippen LogP contribution in [0.4, 0.5) is 17.6 Å². The number of H-pyrrole nitrogens is 1. The molecular weight excluding hydrogens is 290 g/mol. The van der Waals surface area contributed by atoms with Crippen molar-refractivity contribution in [2.24, 2.45) is 0 Å². The summed E-state index contributed by atoms with van der Waals surface area (Å²) in [6.07, 6.45) is 2.36. The number of anilines is 3. The van der Waals surface area contributed by atoms with E-state index in [0.29, 0.717) is 17.8 Å². The molecule has 0 saturated carbocycles. The minimum absolute atomic E-state index is 0.292. The van der Waals surface area contributed by atoms with E-state index in [2.05, 4.69) is 32.0 Å². The van der Waals surface area contributed by atoms with Gasteiger partial charge in [0.1, 0.15) is 5.82 Å². The fourth-order valence-corrected chi connectivity index (χ4v) is 3.22. The van der Waals surface area contributed by atoms with Crippen LogP contribution in [0, 0.1) is 0 Å². The molecule has 118 valence electrons. The van der Waals surface area contributed by atoms with E-state index in [1.165, 1.54) is 12.8 Å². The van der Waals surface area contributed by atoms with E-state index in [4.69, 9.17) is 11.5 Å². The monoisotopic (exact) mass is 309 g/mol. The second kappa shape index (κ2) is 5.12. The Hall–Kier alpha value is -2.83. The normalized spacial score (nSPS) is 18.0. The average Bonchev–Trinajstić information content (AvgIpc) is 3.13. The minimum atomic E-state index is 0.292. The smallest absolute Gasteiger partial charge is 0.222 e. The van der Waals surface area contributed by atoms with Gasteiger partial charge >= 0.3 is 0 Å². The van der Waals surface area contributed by atoms with Crippen LogP contribution >= 0.6 is 0 Å². The maximum absolute atomic E-state index is 5.94. The number of rotatable bonds is 2. The van der Waals surface area contributed by atoms with Crippen LogP contribution in [-0.2, 0) is 0 Å². The van der Waals surface area contributed by atoms with Crippen molar-refractivity contribution >= 4 is 28.5 Å². The molecule has 23 heavy (non-hydrogen) atoms. The molecule has 0 amide bonds. The van der Waals surface area contributed by atoms with Gasteiger partial charge in [-0.25, -0.2) is 4.98 Å². The second-order valence-electron chi connectivity index (χ2n) is 6.02. The van der Waals surface area contributed by atoms with Crippen LogP contribution in [0.2, 0.25) is 0 Å². The summed E-state index contributed by atoms with van der Waals surface area (Å²) in [5.41, 5.74) is 14.4. The number of fused-ring (bicyclic) bond motifs is 1. The lowest BCUT2D eigenvalue weighted by Gasteiger charge is -2.23. The molecule has 7 heteroatoms. The molecule has 3 heterocycles. The highest BCUT2D eigenvalue weighted by Crippen LogP contribution is 2.29. The van der Waals surface area contributed by atoms with E-state index in [0.717, 1.165) is 34.5 Å². The Morgan fingerprint density at radius 3 is 2.87 bits per heavy atom. The minimum Gasteiger partial charge on any atom is -0.382 e. The summed E-state index contributed by atoms with van der Waals surface area (Å²) >= 11 is 0. The Balaban J connectivity index is 1.79. The van der Waals surface area contributed by atoms with Crippen molar-refractivity contribution < 1.29 is 0 Å². The van der Waals surface area contributed by atoms with Crippen LogP contribution in [0.3, 0.4) is 0 Å². The van der Waals surface area contributed by atoms with Crippen LogP contribution in [0.15, 0.2) is 24.3 Å². The Kier molecular flexibility index (Phi) is 3.07. The topological polar surface area (TPSA) is 110 Å². The molecule has 2 aromatic heterocycles. The van der Waals surface area contributed by atoms with Crippen molar-refractivity contribution in [1.29, 1.82) is 0 Å². The van der Waals surface area contributed by atoms with E-state index in [1.54, 1.807) is 0 Å². The molecule has 7 nitrogen and oxygen atoms in total. The van der Waals surface area contributed by atoms with Gasteiger partial charge in [0.05, 0.1) is 11.2 Å². The first kappa shape index (κ1) is 13.8. The predicted octanol–water partition coefficient (Wildman–Crippen LogP) is 2.17. The molecule has 3 aromatic rings. The summed E-state index contributed by atoms with van der Waals surface area (Å²) in [5.74, 6) is 1.68. The van der Waals surface area contributed by atoms with Crippen LogP contribution in [-0.4, -0.2) is 32.8 Å². The van der Waals surface area contributed by atoms with E-state index >= 15 is 0 Å². The lowest BCUT2D eigenvalue weighted by atomic mass is 10.1. The molecule has 4 rings (SSSR count).